The Labute approximate surface area is 145 Å². The third-order valence-electron chi connectivity index (χ3n) is 2.50. The number of nitrogens with one attached hydrogen (secondary N) is 1. The molecule has 1 amide bonds. The van der Waals surface area contributed by atoms with Gasteiger partial charge >= 0.3 is 5.97 Å². The summed E-state index contributed by atoms with van der Waals surface area (Å²) < 4.78 is 1.64. The Morgan fingerprint density at radius 1 is 1.38 bits per heavy atom. The summed E-state index contributed by atoms with van der Waals surface area (Å²) in [7, 11) is 0. The van der Waals surface area contributed by atoms with Crippen LogP contribution < -0.4 is 5.32 Å². The van der Waals surface area contributed by atoms with E-state index >= 15 is 0 Å². The van der Waals surface area contributed by atoms with Gasteiger partial charge in [-0.25, -0.2) is 4.79 Å². The van der Waals surface area contributed by atoms with Crippen LogP contribution in [0.1, 0.15) is 20.8 Å². The summed E-state index contributed by atoms with van der Waals surface area (Å²) in [6, 6.07) is 3.58. The summed E-state index contributed by atoms with van der Waals surface area (Å²) in [5, 5.41) is 13.3. The molecular formula is C13H9Br2NO3S2. The van der Waals surface area contributed by atoms with Gasteiger partial charge in [-0.3, -0.25) is 4.79 Å². The highest BCUT2D eigenvalue weighted by molar-refractivity contribution is 9.12. The van der Waals surface area contributed by atoms with Crippen LogP contribution in [0.5, 0.6) is 0 Å². The average molecular weight is 451 g/mol. The molecule has 4 nitrogen and oxygen atoms in total. The van der Waals surface area contributed by atoms with Crippen molar-refractivity contribution in [1.29, 1.82) is 0 Å². The maximum absolute atomic E-state index is 12.1. The smallest absolute Gasteiger partial charge is 0.328 e. The van der Waals surface area contributed by atoms with Gasteiger partial charge in [0.2, 0.25) is 0 Å². The number of carbonyl (C=O) groups is 2. The fourth-order valence-electron chi connectivity index (χ4n) is 1.55. The standard InChI is InChI=1S/C13H9Br2NO3S2/c14-10-5-8(12(15)21-10)13(19)16-6-9-7(3-4-20-9)1-2-11(17)18/h1-5H,6H2,(H,16,19)(H,17,18)/b2-1+. The van der Waals surface area contributed by atoms with E-state index in [-0.39, 0.29) is 5.91 Å². The number of amides is 1. The van der Waals surface area contributed by atoms with Gasteiger partial charge in [-0.05, 0) is 61.0 Å². The molecule has 0 atom stereocenters. The molecule has 2 heterocycles. The van der Waals surface area contributed by atoms with Crippen LogP contribution in [0.15, 0.2) is 31.2 Å². The van der Waals surface area contributed by atoms with Crippen molar-refractivity contribution in [2.24, 2.45) is 0 Å². The Morgan fingerprint density at radius 3 is 2.76 bits per heavy atom. The highest BCUT2D eigenvalue weighted by Gasteiger charge is 2.14. The molecule has 0 saturated heterocycles. The van der Waals surface area contributed by atoms with E-state index in [1.807, 2.05) is 11.4 Å². The number of carboxylic acids is 1. The van der Waals surface area contributed by atoms with E-state index in [1.165, 1.54) is 28.7 Å². The van der Waals surface area contributed by atoms with Crippen LogP contribution >= 0.6 is 54.5 Å². The predicted octanol–water partition coefficient (Wildman–Crippen LogP) is 4.36. The summed E-state index contributed by atoms with van der Waals surface area (Å²) >= 11 is 9.58. The number of hydrogen-bond acceptors (Lipinski definition) is 4. The Bertz CT molecular complexity index is 706. The highest BCUT2D eigenvalue weighted by Crippen LogP contribution is 2.31. The van der Waals surface area contributed by atoms with Gasteiger partial charge in [-0.1, -0.05) is 0 Å². The van der Waals surface area contributed by atoms with Crippen LogP contribution in [0.4, 0.5) is 0 Å². The molecule has 0 unspecified atom stereocenters. The molecule has 21 heavy (non-hydrogen) atoms. The van der Waals surface area contributed by atoms with Crippen molar-refractivity contribution in [3.05, 3.63) is 47.2 Å². The van der Waals surface area contributed by atoms with E-state index in [0.717, 1.165) is 24.1 Å². The van der Waals surface area contributed by atoms with Crippen LogP contribution in [0, 0.1) is 0 Å². The Kier molecular flexibility index (Phi) is 5.74. The normalized spacial score (nSPS) is 11.0. The molecular weight excluding hydrogens is 442 g/mol. The molecule has 0 radical (unpaired) electrons. The first-order valence-corrected chi connectivity index (χ1v) is 8.96. The first-order valence-electron chi connectivity index (χ1n) is 5.68. The van der Waals surface area contributed by atoms with Gasteiger partial charge < -0.3 is 10.4 Å². The number of carboxylic acid groups (broad SMARTS) is 1. The molecule has 2 aromatic rings. The van der Waals surface area contributed by atoms with E-state index in [0.29, 0.717) is 12.1 Å². The van der Waals surface area contributed by atoms with Gasteiger partial charge in [0.15, 0.2) is 0 Å². The number of aliphatic carboxylic acids is 1. The summed E-state index contributed by atoms with van der Waals surface area (Å²) in [5.41, 5.74) is 1.37. The molecule has 0 bridgehead atoms. The largest absolute Gasteiger partial charge is 0.478 e. The molecule has 0 aliphatic heterocycles. The number of carbonyl (C=O) groups excluding carboxylic acids is 1. The monoisotopic (exact) mass is 449 g/mol. The first kappa shape index (κ1) is 16.4. The molecule has 2 aromatic heterocycles. The lowest BCUT2D eigenvalue weighted by molar-refractivity contribution is -0.131. The van der Waals surface area contributed by atoms with Crippen LogP contribution in [-0.2, 0) is 11.3 Å². The summed E-state index contributed by atoms with van der Waals surface area (Å²) in [4.78, 5) is 23.5. The predicted molar refractivity (Wildman–Crippen MR) is 91.9 cm³/mol. The van der Waals surface area contributed by atoms with Gasteiger partial charge in [0.1, 0.15) is 0 Å². The molecule has 0 spiro atoms. The van der Waals surface area contributed by atoms with Crippen molar-refractivity contribution in [2.45, 2.75) is 6.54 Å². The maximum Gasteiger partial charge on any atom is 0.328 e. The summed E-state index contributed by atoms with van der Waals surface area (Å²) in [5.74, 6) is -1.17. The van der Waals surface area contributed by atoms with Crippen molar-refractivity contribution in [2.75, 3.05) is 0 Å². The topological polar surface area (TPSA) is 66.4 Å². The van der Waals surface area contributed by atoms with Crippen molar-refractivity contribution < 1.29 is 14.7 Å². The Hall–Kier alpha value is -0.960. The fraction of sp³-hybridized carbons (Fsp3) is 0.0769. The summed E-state index contributed by atoms with van der Waals surface area (Å²) in [6.07, 6.45) is 2.61. The Balaban J connectivity index is 2.04. The Morgan fingerprint density at radius 2 is 2.14 bits per heavy atom. The molecule has 0 aromatic carbocycles. The lowest BCUT2D eigenvalue weighted by atomic mass is 10.2. The van der Waals surface area contributed by atoms with E-state index in [2.05, 4.69) is 37.2 Å². The molecule has 0 aliphatic rings. The van der Waals surface area contributed by atoms with Gasteiger partial charge in [0.05, 0.1) is 19.7 Å². The zero-order chi connectivity index (χ0) is 15.4. The highest BCUT2D eigenvalue weighted by atomic mass is 79.9. The lowest BCUT2D eigenvalue weighted by Gasteiger charge is -2.04. The quantitative estimate of drug-likeness (QED) is 0.665. The van der Waals surface area contributed by atoms with Gasteiger partial charge in [-0.15, -0.1) is 22.7 Å². The number of hydrogen-bond donors (Lipinski definition) is 2. The van der Waals surface area contributed by atoms with Gasteiger partial charge in [0.25, 0.3) is 5.91 Å². The van der Waals surface area contributed by atoms with E-state index < -0.39 is 5.97 Å². The second kappa shape index (κ2) is 7.35. The molecule has 0 fully saturated rings. The second-order valence-electron chi connectivity index (χ2n) is 3.89. The SMILES string of the molecule is O=C(O)/C=C/c1ccsc1CNC(=O)c1cc(Br)sc1Br. The van der Waals surface area contributed by atoms with Crippen molar-refractivity contribution >= 4 is 72.5 Å². The minimum absolute atomic E-state index is 0.176. The maximum atomic E-state index is 12.1. The van der Waals surface area contributed by atoms with Crippen LogP contribution in [-0.4, -0.2) is 17.0 Å². The average Bonchev–Trinajstić information content (AvgIpc) is 2.99. The first-order chi connectivity index (χ1) is 9.97. The molecule has 110 valence electrons. The van der Waals surface area contributed by atoms with E-state index in [9.17, 15) is 9.59 Å². The minimum Gasteiger partial charge on any atom is -0.478 e. The molecule has 2 N–H and O–H groups in total. The van der Waals surface area contributed by atoms with Crippen LogP contribution in [0.3, 0.4) is 0 Å². The third-order valence-corrected chi connectivity index (χ3v) is 5.77. The number of rotatable bonds is 5. The van der Waals surface area contributed by atoms with Crippen LogP contribution in [0.2, 0.25) is 0 Å². The van der Waals surface area contributed by atoms with Gasteiger partial charge in [-0.2, -0.15) is 0 Å². The fourth-order valence-corrected chi connectivity index (χ4v) is 5.15. The minimum atomic E-state index is -0.997. The lowest BCUT2D eigenvalue weighted by Crippen LogP contribution is -2.22. The van der Waals surface area contributed by atoms with Crippen molar-refractivity contribution in [3.63, 3.8) is 0 Å². The van der Waals surface area contributed by atoms with E-state index in [1.54, 1.807) is 6.07 Å². The molecule has 8 heteroatoms. The van der Waals surface area contributed by atoms with E-state index in [4.69, 9.17) is 5.11 Å². The zero-order valence-electron chi connectivity index (χ0n) is 10.4. The third kappa shape index (κ3) is 4.50. The summed E-state index contributed by atoms with van der Waals surface area (Å²) in [6.45, 7) is 0.357. The molecule has 0 aliphatic carbocycles. The number of thiophene rings is 2. The molecule has 2 rings (SSSR count). The molecule has 0 saturated carbocycles. The zero-order valence-corrected chi connectivity index (χ0v) is 15.2. The van der Waals surface area contributed by atoms with Crippen molar-refractivity contribution in [1.82, 2.24) is 5.32 Å². The second-order valence-corrected chi connectivity index (χ2v) is 8.64. The van der Waals surface area contributed by atoms with Crippen molar-refractivity contribution in [3.8, 4) is 0 Å². The van der Waals surface area contributed by atoms with Gasteiger partial charge in [0, 0.05) is 11.0 Å². The van der Waals surface area contributed by atoms with Crippen LogP contribution in [0.25, 0.3) is 6.08 Å². The number of halogens is 2.